The summed E-state index contributed by atoms with van der Waals surface area (Å²) in [5.74, 6) is 0. The van der Waals surface area contributed by atoms with Crippen molar-refractivity contribution in [3.8, 4) is 0 Å². The monoisotopic (exact) mass is 289 g/mol. The van der Waals surface area contributed by atoms with E-state index in [2.05, 4.69) is 6.58 Å². The number of amides is 1. The first-order valence-corrected chi connectivity index (χ1v) is 5.96. The normalized spacial score (nSPS) is 12.6. The highest BCUT2D eigenvalue weighted by Crippen LogP contribution is 2.26. The van der Waals surface area contributed by atoms with Crippen molar-refractivity contribution in [1.29, 1.82) is 0 Å². The maximum atomic E-state index is 12.9. The highest BCUT2D eigenvalue weighted by molar-refractivity contribution is 6.22. The lowest BCUT2D eigenvalue weighted by molar-refractivity contribution is 0.0456. The second kappa shape index (κ2) is 7.09. The van der Waals surface area contributed by atoms with Crippen molar-refractivity contribution < 1.29 is 18.3 Å². The Morgan fingerprint density at radius 1 is 1.47 bits per heavy atom. The Bertz CT molecular complexity index is 420. The molecule has 1 rings (SSSR count). The first kappa shape index (κ1) is 15.4. The summed E-state index contributed by atoms with van der Waals surface area (Å²) >= 11 is 4.89. The molecule has 0 saturated carbocycles. The van der Waals surface area contributed by atoms with Crippen molar-refractivity contribution in [2.75, 3.05) is 0 Å². The third-order valence-corrected chi connectivity index (χ3v) is 2.57. The van der Waals surface area contributed by atoms with Gasteiger partial charge in [0.05, 0.1) is 0 Å². The summed E-state index contributed by atoms with van der Waals surface area (Å²) in [4.78, 5) is 11.4. The molecule has 1 aromatic rings. The maximum absolute atomic E-state index is 12.9. The maximum Gasteiger partial charge on any atom is 0.407 e. The number of ether oxygens (including phenoxy) is 1. The number of hydrogen-bond donors (Lipinski definition) is 1. The predicted molar refractivity (Wildman–Crippen MR) is 69.2 cm³/mol. The van der Waals surface area contributed by atoms with Crippen LogP contribution in [0, 0.1) is 0 Å². The van der Waals surface area contributed by atoms with Crippen molar-refractivity contribution in [3.05, 3.63) is 48.6 Å². The fourth-order valence-corrected chi connectivity index (χ4v) is 1.49. The van der Waals surface area contributed by atoms with Crippen molar-refractivity contribution in [2.24, 2.45) is 0 Å². The summed E-state index contributed by atoms with van der Waals surface area (Å²) in [7, 11) is 0. The van der Waals surface area contributed by atoms with Crippen LogP contribution >= 0.6 is 11.6 Å². The molecule has 19 heavy (non-hydrogen) atoms. The molecule has 0 aliphatic carbocycles. The minimum Gasteiger partial charge on any atom is -0.445 e. The molecule has 1 unspecified atom stereocenters. The SMILES string of the molecule is C=CCC(NC(=O)OCc1ccccc1)C(F)(F)Cl. The van der Waals surface area contributed by atoms with Crippen LogP contribution in [0.3, 0.4) is 0 Å². The lowest BCUT2D eigenvalue weighted by Gasteiger charge is -2.21. The summed E-state index contributed by atoms with van der Waals surface area (Å²) in [5, 5.41) is -1.54. The second-order valence-corrected chi connectivity index (χ2v) is 4.33. The van der Waals surface area contributed by atoms with Gasteiger partial charge in [0.15, 0.2) is 0 Å². The highest BCUT2D eigenvalue weighted by atomic mass is 35.5. The van der Waals surface area contributed by atoms with E-state index >= 15 is 0 Å². The van der Waals surface area contributed by atoms with Crippen LogP contribution < -0.4 is 5.32 Å². The van der Waals surface area contributed by atoms with E-state index < -0.39 is 17.5 Å². The van der Waals surface area contributed by atoms with Gasteiger partial charge in [0.25, 0.3) is 0 Å². The molecule has 0 spiro atoms. The van der Waals surface area contributed by atoms with Crippen molar-refractivity contribution in [2.45, 2.75) is 24.5 Å². The summed E-state index contributed by atoms with van der Waals surface area (Å²) in [6.07, 6.45) is 0.145. The zero-order chi connectivity index (χ0) is 14.3. The summed E-state index contributed by atoms with van der Waals surface area (Å²) in [6, 6.07) is 7.34. The van der Waals surface area contributed by atoms with E-state index in [1.165, 1.54) is 6.08 Å². The number of nitrogens with one attached hydrogen (secondary N) is 1. The van der Waals surface area contributed by atoms with Gasteiger partial charge >= 0.3 is 11.5 Å². The van der Waals surface area contributed by atoms with Crippen LogP contribution in [0.1, 0.15) is 12.0 Å². The highest BCUT2D eigenvalue weighted by Gasteiger charge is 2.37. The van der Waals surface area contributed by atoms with E-state index in [1.807, 2.05) is 11.4 Å². The lowest BCUT2D eigenvalue weighted by atomic mass is 10.2. The summed E-state index contributed by atoms with van der Waals surface area (Å²) in [5.41, 5.74) is 0.760. The van der Waals surface area contributed by atoms with Gasteiger partial charge in [-0.15, -0.1) is 6.58 Å². The molecule has 1 amide bonds. The molecular weight excluding hydrogens is 276 g/mol. The Hall–Kier alpha value is -1.62. The molecule has 1 aromatic carbocycles. The number of carbonyl (C=O) groups is 1. The third kappa shape index (κ3) is 5.70. The van der Waals surface area contributed by atoms with E-state index in [1.54, 1.807) is 24.3 Å². The van der Waals surface area contributed by atoms with Crippen molar-refractivity contribution in [3.63, 3.8) is 0 Å². The molecule has 0 aliphatic rings. The van der Waals surface area contributed by atoms with Gasteiger partial charge in [-0.05, 0) is 23.6 Å². The van der Waals surface area contributed by atoms with E-state index in [-0.39, 0.29) is 13.0 Å². The molecule has 0 aromatic heterocycles. The fraction of sp³-hybridized carbons (Fsp3) is 0.308. The number of alkyl halides is 3. The standard InChI is InChI=1S/C13H14ClF2NO2/c1-2-6-11(13(14,15)16)17-12(18)19-9-10-7-4-3-5-8-10/h2-5,7-8,11H,1,6,9H2,(H,17,18). The van der Waals surface area contributed by atoms with Gasteiger partial charge in [-0.3, -0.25) is 0 Å². The zero-order valence-corrected chi connectivity index (χ0v) is 10.9. The minimum atomic E-state index is -3.56. The fourth-order valence-electron chi connectivity index (χ4n) is 1.35. The number of benzene rings is 1. The van der Waals surface area contributed by atoms with Gasteiger partial charge in [-0.1, -0.05) is 36.4 Å². The molecule has 0 aliphatic heterocycles. The summed E-state index contributed by atoms with van der Waals surface area (Å²) < 4.78 is 30.7. The zero-order valence-electron chi connectivity index (χ0n) is 10.1. The van der Waals surface area contributed by atoms with Gasteiger partial charge in [0.2, 0.25) is 0 Å². The molecule has 0 bridgehead atoms. The molecule has 1 atom stereocenters. The largest absolute Gasteiger partial charge is 0.445 e. The van der Waals surface area contributed by atoms with Crippen LogP contribution in [-0.2, 0) is 11.3 Å². The van der Waals surface area contributed by atoms with Gasteiger partial charge in [-0.25, -0.2) is 4.79 Å². The molecular formula is C13H14ClF2NO2. The Morgan fingerprint density at radius 3 is 2.63 bits per heavy atom. The first-order chi connectivity index (χ1) is 8.93. The van der Waals surface area contributed by atoms with E-state index in [0.717, 1.165) is 5.56 Å². The molecule has 0 radical (unpaired) electrons. The second-order valence-electron chi connectivity index (χ2n) is 3.82. The topological polar surface area (TPSA) is 38.3 Å². The van der Waals surface area contributed by atoms with Gasteiger partial charge in [0, 0.05) is 0 Å². The Labute approximate surface area is 115 Å². The Morgan fingerprint density at radius 2 is 2.11 bits per heavy atom. The van der Waals surface area contributed by atoms with Crippen LogP contribution in [0.25, 0.3) is 0 Å². The molecule has 104 valence electrons. The van der Waals surface area contributed by atoms with Crippen LogP contribution in [0.2, 0.25) is 0 Å². The molecule has 0 heterocycles. The van der Waals surface area contributed by atoms with Gasteiger partial charge in [0.1, 0.15) is 12.6 Å². The smallest absolute Gasteiger partial charge is 0.407 e. The van der Waals surface area contributed by atoms with Crippen LogP contribution in [0.4, 0.5) is 13.6 Å². The van der Waals surface area contributed by atoms with E-state index in [9.17, 15) is 13.6 Å². The average Bonchev–Trinajstić information content (AvgIpc) is 2.36. The number of carbonyl (C=O) groups excluding carboxylic acids is 1. The summed E-state index contributed by atoms with van der Waals surface area (Å²) in [6.45, 7) is 3.33. The van der Waals surface area contributed by atoms with Crippen LogP contribution in [0.15, 0.2) is 43.0 Å². The average molecular weight is 290 g/mol. The van der Waals surface area contributed by atoms with Crippen LogP contribution in [-0.4, -0.2) is 17.5 Å². The van der Waals surface area contributed by atoms with E-state index in [4.69, 9.17) is 16.3 Å². The number of halogens is 3. The Balaban J connectivity index is 2.47. The lowest BCUT2D eigenvalue weighted by Crippen LogP contribution is -2.44. The molecule has 1 N–H and O–H groups in total. The van der Waals surface area contributed by atoms with Crippen LogP contribution in [0.5, 0.6) is 0 Å². The quantitative estimate of drug-likeness (QED) is 0.641. The van der Waals surface area contributed by atoms with Crippen molar-refractivity contribution in [1.82, 2.24) is 5.32 Å². The molecule has 0 fully saturated rings. The van der Waals surface area contributed by atoms with Gasteiger partial charge in [-0.2, -0.15) is 8.78 Å². The third-order valence-electron chi connectivity index (χ3n) is 2.30. The van der Waals surface area contributed by atoms with Gasteiger partial charge < -0.3 is 10.1 Å². The number of hydrogen-bond acceptors (Lipinski definition) is 2. The molecule has 0 saturated heterocycles. The first-order valence-electron chi connectivity index (χ1n) is 5.58. The van der Waals surface area contributed by atoms with Crippen molar-refractivity contribution >= 4 is 17.7 Å². The minimum absolute atomic E-state index is 0.00133. The molecule has 6 heteroatoms. The molecule has 3 nitrogen and oxygen atoms in total. The number of alkyl carbamates (subject to hydrolysis) is 1. The predicted octanol–water partition coefficient (Wildman–Crippen LogP) is 3.69. The Kier molecular flexibility index (Phi) is 5.76. The van der Waals surface area contributed by atoms with E-state index in [0.29, 0.717) is 0 Å². The number of rotatable bonds is 6.